The summed E-state index contributed by atoms with van der Waals surface area (Å²) in [5.74, 6) is 0.803. The number of rotatable bonds is 11. The van der Waals surface area contributed by atoms with Crippen LogP contribution in [0.4, 0.5) is 9.59 Å². The standard InChI is InChI=1S/C28H45ClN4O4/c1-20(30-2)25(17-21-9-5-4-6-10-21)32-27(34)33-15-8-12-23(19-33)26(22-11-7-13-24(29)18-22)37-16-14-31-28(35)36-3/h7,11,13,18,20-21,23,25-26,30H,4-6,8-10,12,14-17,19H2,1-3H3,(H,31,35)(H,32,34). The van der Waals surface area contributed by atoms with E-state index in [1.807, 2.05) is 36.2 Å². The molecule has 1 aromatic rings. The number of piperidine rings is 1. The summed E-state index contributed by atoms with van der Waals surface area (Å²) in [5.41, 5.74) is 0.983. The van der Waals surface area contributed by atoms with Crippen molar-refractivity contribution in [1.29, 1.82) is 0 Å². The lowest BCUT2D eigenvalue weighted by Crippen LogP contribution is -2.54. The van der Waals surface area contributed by atoms with Gasteiger partial charge in [0.25, 0.3) is 0 Å². The van der Waals surface area contributed by atoms with Gasteiger partial charge in [-0.1, -0.05) is 55.8 Å². The summed E-state index contributed by atoms with van der Waals surface area (Å²) in [6, 6.07) is 8.01. The van der Waals surface area contributed by atoms with Crippen LogP contribution in [0.1, 0.15) is 70.0 Å². The predicted octanol–water partition coefficient (Wildman–Crippen LogP) is 5.12. The van der Waals surface area contributed by atoms with E-state index < -0.39 is 6.09 Å². The molecule has 1 aliphatic heterocycles. The highest BCUT2D eigenvalue weighted by Crippen LogP contribution is 2.34. The van der Waals surface area contributed by atoms with Crippen molar-refractivity contribution in [3.05, 3.63) is 34.9 Å². The van der Waals surface area contributed by atoms with Gasteiger partial charge in [0.1, 0.15) is 0 Å². The Balaban J connectivity index is 1.65. The van der Waals surface area contributed by atoms with Crippen molar-refractivity contribution in [3.8, 4) is 0 Å². The lowest BCUT2D eigenvalue weighted by Gasteiger charge is -2.38. The van der Waals surface area contributed by atoms with E-state index in [0.717, 1.165) is 31.4 Å². The van der Waals surface area contributed by atoms with Gasteiger partial charge < -0.3 is 30.3 Å². The average molecular weight is 537 g/mol. The molecule has 1 aromatic carbocycles. The molecule has 1 heterocycles. The summed E-state index contributed by atoms with van der Waals surface area (Å²) in [6.45, 7) is 4.16. The topological polar surface area (TPSA) is 91.9 Å². The van der Waals surface area contributed by atoms with Crippen molar-refractivity contribution in [2.45, 2.75) is 76.5 Å². The van der Waals surface area contributed by atoms with E-state index in [1.54, 1.807) is 0 Å². The van der Waals surface area contributed by atoms with Crippen LogP contribution in [0.25, 0.3) is 0 Å². The molecule has 3 rings (SSSR count). The van der Waals surface area contributed by atoms with Gasteiger partial charge in [0.15, 0.2) is 0 Å². The average Bonchev–Trinajstić information content (AvgIpc) is 2.92. The van der Waals surface area contributed by atoms with Crippen LogP contribution in [0.15, 0.2) is 24.3 Å². The first-order valence-electron chi connectivity index (χ1n) is 13.8. The third kappa shape index (κ3) is 9.34. The molecule has 0 aromatic heterocycles. The van der Waals surface area contributed by atoms with Crippen LogP contribution in [0, 0.1) is 11.8 Å². The first-order valence-corrected chi connectivity index (χ1v) is 14.2. The number of nitrogens with zero attached hydrogens (tertiary/aromatic N) is 1. The number of benzene rings is 1. The lowest BCUT2D eigenvalue weighted by atomic mass is 9.83. The fourth-order valence-electron chi connectivity index (χ4n) is 5.66. The van der Waals surface area contributed by atoms with Gasteiger partial charge in [0.2, 0.25) is 0 Å². The first kappa shape index (κ1) is 29.5. The van der Waals surface area contributed by atoms with Crippen molar-refractivity contribution in [2.75, 3.05) is 40.4 Å². The number of likely N-dealkylation sites (tertiary alicyclic amines) is 1. The fourth-order valence-corrected chi connectivity index (χ4v) is 5.86. The van der Waals surface area contributed by atoms with E-state index in [4.69, 9.17) is 16.3 Å². The second-order valence-corrected chi connectivity index (χ2v) is 10.9. The molecule has 4 unspecified atom stereocenters. The van der Waals surface area contributed by atoms with E-state index >= 15 is 0 Å². The fraction of sp³-hybridized carbons (Fsp3) is 0.714. The number of halogens is 1. The number of hydrogen-bond donors (Lipinski definition) is 3. The number of amides is 3. The van der Waals surface area contributed by atoms with Crippen molar-refractivity contribution in [1.82, 2.24) is 20.9 Å². The van der Waals surface area contributed by atoms with E-state index in [-0.39, 0.29) is 30.1 Å². The molecule has 3 N–H and O–H groups in total. The molecule has 4 atom stereocenters. The highest BCUT2D eigenvalue weighted by molar-refractivity contribution is 6.30. The number of alkyl carbamates (subject to hydrolysis) is 1. The van der Waals surface area contributed by atoms with Gasteiger partial charge in [-0.05, 0) is 56.8 Å². The molecule has 208 valence electrons. The largest absolute Gasteiger partial charge is 0.453 e. The van der Waals surface area contributed by atoms with E-state index in [1.165, 1.54) is 39.2 Å². The Hall–Kier alpha value is -2.03. The number of hydrogen-bond acceptors (Lipinski definition) is 5. The molecule has 9 heteroatoms. The molecule has 1 saturated carbocycles. The normalized spacial score (nSPS) is 21.1. The smallest absolute Gasteiger partial charge is 0.406 e. The highest BCUT2D eigenvalue weighted by Gasteiger charge is 2.33. The SMILES string of the molecule is CNC(C)C(CC1CCCCC1)NC(=O)N1CCCC(C(OCCNC(=O)OC)c2cccc(Cl)c2)C1. The Morgan fingerprint density at radius 3 is 2.65 bits per heavy atom. The summed E-state index contributed by atoms with van der Waals surface area (Å²) in [4.78, 5) is 26.8. The maximum Gasteiger partial charge on any atom is 0.406 e. The molecule has 3 amide bonds. The Morgan fingerprint density at radius 2 is 1.95 bits per heavy atom. The molecule has 37 heavy (non-hydrogen) atoms. The number of methoxy groups -OCH3 is 1. The van der Waals surface area contributed by atoms with Gasteiger partial charge in [0, 0.05) is 42.7 Å². The van der Waals surface area contributed by atoms with Crippen molar-refractivity contribution in [3.63, 3.8) is 0 Å². The van der Waals surface area contributed by atoms with Gasteiger partial charge >= 0.3 is 12.1 Å². The monoisotopic (exact) mass is 536 g/mol. The van der Waals surface area contributed by atoms with E-state index in [2.05, 4.69) is 27.6 Å². The predicted molar refractivity (Wildman–Crippen MR) is 147 cm³/mol. The van der Waals surface area contributed by atoms with E-state index in [0.29, 0.717) is 30.6 Å². The van der Waals surface area contributed by atoms with Crippen LogP contribution in [-0.4, -0.2) is 69.5 Å². The Morgan fingerprint density at radius 1 is 1.16 bits per heavy atom. The van der Waals surface area contributed by atoms with Gasteiger partial charge in [0.05, 0.1) is 19.8 Å². The minimum absolute atomic E-state index is 0.00446. The van der Waals surface area contributed by atoms with Crippen molar-refractivity contribution < 1.29 is 19.1 Å². The van der Waals surface area contributed by atoms with Crippen LogP contribution in [0.2, 0.25) is 5.02 Å². The molecule has 1 saturated heterocycles. The number of nitrogens with one attached hydrogen (secondary N) is 3. The molecule has 2 aliphatic rings. The molecule has 2 fully saturated rings. The molecule has 0 radical (unpaired) electrons. The molecule has 0 spiro atoms. The Kier molecular flexibility index (Phi) is 12.3. The van der Waals surface area contributed by atoms with Gasteiger partial charge in [-0.25, -0.2) is 9.59 Å². The molecular weight excluding hydrogens is 492 g/mol. The van der Waals surface area contributed by atoms with Crippen LogP contribution >= 0.6 is 11.6 Å². The molecule has 1 aliphatic carbocycles. The Labute approximate surface area is 227 Å². The van der Waals surface area contributed by atoms with E-state index in [9.17, 15) is 9.59 Å². The number of likely N-dealkylation sites (N-methyl/N-ethyl adjacent to an activating group) is 1. The summed E-state index contributed by atoms with van der Waals surface area (Å²) in [5, 5.41) is 10.0. The zero-order valence-corrected chi connectivity index (χ0v) is 23.4. The number of carbonyl (C=O) groups excluding carboxylic acids is 2. The maximum atomic E-state index is 13.5. The molecule has 0 bridgehead atoms. The summed E-state index contributed by atoms with van der Waals surface area (Å²) in [6.07, 6.45) is 8.62. The second kappa shape index (κ2) is 15.4. The third-order valence-electron chi connectivity index (χ3n) is 7.88. The zero-order valence-electron chi connectivity index (χ0n) is 22.6. The number of urea groups is 1. The maximum absolute atomic E-state index is 13.5. The zero-order chi connectivity index (χ0) is 26.6. The highest BCUT2D eigenvalue weighted by atomic mass is 35.5. The molecular formula is C28H45ClN4O4. The quantitative estimate of drug-likeness (QED) is 0.341. The molecule has 8 nitrogen and oxygen atoms in total. The number of carbonyl (C=O) groups is 2. The summed E-state index contributed by atoms with van der Waals surface area (Å²) in [7, 11) is 3.30. The van der Waals surface area contributed by atoms with Crippen LogP contribution in [0.5, 0.6) is 0 Å². The van der Waals surface area contributed by atoms with Gasteiger partial charge in [-0.15, -0.1) is 0 Å². The second-order valence-electron chi connectivity index (χ2n) is 10.5. The first-order chi connectivity index (χ1) is 17.9. The minimum Gasteiger partial charge on any atom is -0.453 e. The van der Waals surface area contributed by atoms with Crippen molar-refractivity contribution >= 4 is 23.7 Å². The van der Waals surface area contributed by atoms with Gasteiger partial charge in [-0.3, -0.25) is 0 Å². The number of ether oxygens (including phenoxy) is 2. The van der Waals surface area contributed by atoms with Crippen molar-refractivity contribution in [2.24, 2.45) is 11.8 Å². The van der Waals surface area contributed by atoms with Gasteiger partial charge in [-0.2, -0.15) is 0 Å². The van der Waals surface area contributed by atoms with Crippen LogP contribution < -0.4 is 16.0 Å². The lowest BCUT2D eigenvalue weighted by molar-refractivity contribution is -0.00870. The summed E-state index contributed by atoms with van der Waals surface area (Å²) < 4.78 is 10.9. The van der Waals surface area contributed by atoms with Crippen LogP contribution in [0.3, 0.4) is 0 Å². The van der Waals surface area contributed by atoms with Crippen LogP contribution in [-0.2, 0) is 9.47 Å². The Bertz CT molecular complexity index is 851. The summed E-state index contributed by atoms with van der Waals surface area (Å²) >= 11 is 6.30. The minimum atomic E-state index is -0.484. The third-order valence-corrected chi connectivity index (χ3v) is 8.12.